The zero-order valence-corrected chi connectivity index (χ0v) is 16.0. The molecule has 1 aliphatic rings. The summed E-state index contributed by atoms with van der Waals surface area (Å²) < 4.78 is 39.3. The zero-order valence-electron chi connectivity index (χ0n) is 16.0. The van der Waals surface area contributed by atoms with Gasteiger partial charge in [0.2, 0.25) is 0 Å². The Morgan fingerprint density at radius 1 is 1.25 bits per heavy atom. The van der Waals surface area contributed by atoms with E-state index in [1.54, 1.807) is 18.0 Å². The zero-order chi connectivity index (χ0) is 20.5. The molecule has 0 spiro atoms. The number of methoxy groups -OCH3 is 1. The summed E-state index contributed by atoms with van der Waals surface area (Å²) in [6, 6.07) is 4.46. The Labute approximate surface area is 162 Å². The molecule has 2 amide bonds. The number of nitrogens with zero attached hydrogens (tertiary/aromatic N) is 1. The van der Waals surface area contributed by atoms with E-state index < -0.39 is 6.61 Å². The third-order valence-corrected chi connectivity index (χ3v) is 4.21. The molecule has 0 aliphatic carbocycles. The number of hydrogen-bond acceptors (Lipinski definition) is 5. The molecule has 2 rings (SSSR count). The van der Waals surface area contributed by atoms with Crippen LogP contribution in [0.5, 0.6) is 11.5 Å². The maximum atomic E-state index is 12.4. The predicted octanol–water partition coefficient (Wildman–Crippen LogP) is -0.714. The van der Waals surface area contributed by atoms with Gasteiger partial charge in [-0.15, -0.1) is 0 Å². The molecule has 1 unspecified atom stereocenters. The first-order chi connectivity index (χ1) is 13.4. The van der Waals surface area contributed by atoms with Gasteiger partial charge in [0, 0.05) is 19.6 Å². The lowest BCUT2D eigenvalue weighted by Crippen LogP contribution is -3.11. The first-order valence-corrected chi connectivity index (χ1v) is 8.94. The van der Waals surface area contributed by atoms with Crippen molar-refractivity contribution in [3.8, 4) is 11.5 Å². The number of rotatable bonds is 9. The van der Waals surface area contributed by atoms with Crippen LogP contribution in [0, 0.1) is 0 Å². The van der Waals surface area contributed by atoms with Gasteiger partial charge in [0.15, 0.2) is 24.6 Å². The second-order valence-electron chi connectivity index (χ2n) is 6.44. The number of alkyl halides is 2. The van der Waals surface area contributed by atoms with Gasteiger partial charge >= 0.3 is 6.61 Å². The summed E-state index contributed by atoms with van der Waals surface area (Å²) in [7, 11) is 3.12. The summed E-state index contributed by atoms with van der Waals surface area (Å²) in [6.07, 6.45) is 0. The largest absolute Gasteiger partial charge is 0.493 e. The molecule has 0 radical (unpaired) electrons. The highest BCUT2D eigenvalue weighted by Gasteiger charge is 2.21. The maximum Gasteiger partial charge on any atom is 0.387 e. The van der Waals surface area contributed by atoms with E-state index in [1.165, 1.54) is 19.2 Å². The van der Waals surface area contributed by atoms with E-state index >= 15 is 0 Å². The molecule has 0 saturated carbocycles. The molecular formula is C18H26F2N3O5+. The number of nitrogens with one attached hydrogen (secondary N) is 2. The first kappa shape index (κ1) is 21.8. The second-order valence-corrected chi connectivity index (χ2v) is 6.44. The highest BCUT2D eigenvalue weighted by molar-refractivity contribution is 5.79. The molecule has 1 saturated heterocycles. The van der Waals surface area contributed by atoms with E-state index in [4.69, 9.17) is 9.47 Å². The molecule has 1 aromatic rings. The quantitative estimate of drug-likeness (QED) is 0.570. The number of morpholine rings is 1. The monoisotopic (exact) mass is 402 g/mol. The molecule has 1 aliphatic heterocycles. The van der Waals surface area contributed by atoms with Crippen LogP contribution in [0.1, 0.15) is 5.56 Å². The lowest BCUT2D eigenvalue weighted by molar-refractivity contribution is -0.863. The van der Waals surface area contributed by atoms with Crippen molar-refractivity contribution < 1.29 is 37.5 Å². The number of amides is 2. The van der Waals surface area contributed by atoms with Gasteiger partial charge in [0.25, 0.3) is 11.8 Å². The van der Waals surface area contributed by atoms with Gasteiger partial charge < -0.3 is 29.3 Å². The van der Waals surface area contributed by atoms with Crippen molar-refractivity contribution in [3.63, 3.8) is 0 Å². The molecule has 28 heavy (non-hydrogen) atoms. The average Bonchev–Trinajstić information content (AvgIpc) is 2.67. The molecule has 10 heteroatoms. The first-order valence-electron chi connectivity index (χ1n) is 8.94. The number of ether oxygens (including phenoxy) is 3. The van der Waals surface area contributed by atoms with Gasteiger partial charge in [-0.3, -0.25) is 9.59 Å². The Bertz CT molecular complexity index is 669. The smallest absolute Gasteiger partial charge is 0.387 e. The van der Waals surface area contributed by atoms with Crippen LogP contribution in [0.4, 0.5) is 8.78 Å². The highest BCUT2D eigenvalue weighted by Crippen LogP contribution is 2.29. The summed E-state index contributed by atoms with van der Waals surface area (Å²) in [5.74, 6) is -0.142. The van der Waals surface area contributed by atoms with Crippen LogP contribution in [0.15, 0.2) is 18.2 Å². The Morgan fingerprint density at radius 2 is 1.96 bits per heavy atom. The molecule has 0 bridgehead atoms. The molecule has 1 fully saturated rings. The van der Waals surface area contributed by atoms with E-state index in [9.17, 15) is 18.4 Å². The molecule has 2 N–H and O–H groups in total. The normalized spacial score (nSPS) is 15.2. The standard InChI is InChI=1S/C18H25F2N3O5/c1-22(12-17(25)23-5-7-27-8-6-23)11-16(24)21-10-13-3-4-14(28-18(19)20)15(9-13)26-2/h3-4,9,18H,5-8,10-12H2,1-2H3,(H,21,24)/p+1. The van der Waals surface area contributed by atoms with Gasteiger partial charge in [0.05, 0.1) is 27.4 Å². The number of benzene rings is 1. The van der Waals surface area contributed by atoms with E-state index in [-0.39, 0.29) is 42.9 Å². The lowest BCUT2D eigenvalue weighted by Gasteiger charge is -2.27. The van der Waals surface area contributed by atoms with Gasteiger partial charge in [-0.2, -0.15) is 8.78 Å². The average molecular weight is 402 g/mol. The van der Waals surface area contributed by atoms with Crippen LogP contribution in [0.2, 0.25) is 0 Å². The minimum Gasteiger partial charge on any atom is -0.493 e. The van der Waals surface area contributed by atoms with Crippen LogP contribution in [0.3, 0.4) is 0 Å². The SMILES string of the molecule is COc1cc(CNC(=O)C[NH+](C)CC(=O)N2CCOCC2)ccc1OC(F)F. The summed E-state index contributed by atoms with van der Waals surface area (Å²) >= 11 is 0. The molecule has 8 nitrogen and oxygen atoms in total. The topological polar surface area (TPSA) is 81.5 Å². The van der Waals surface area contributed by atoms with Crippen molar-refractivity contribution in [1.82, 2.24) is 10.2 Å². The fourth-order valence-electron chi connectivity index (χ4n) is 2.80. The van der Waals surface area contributed by atoms with Crippen molar-refractivity contribution in [2.75, 3.05) is 53.6 Å². The Kier molecular flexibility index (Phi) is 8.40. The van der Waals surface area contributed by atoms with Crippen LogP contribution < -0.4 is 19.7 Å². The minimum atomic E-state index is -2.95. The number of carbonyl (C=O) groups excluding carboxylic acids is 2. The number of halogens is 2. The van der Waals surface area contributed by atoms with E-state index in [2.05, 4.69) is 10.1 Å². The van der Waals surface area contributed by atoms with Crippen molar-refractivity contribution in [2.24, 2.45) is 0 Å². The van der Waals surface area contributed by atoms with Crippen molar-refractivity contribution in [1.29, 1.82) is 0 Å². The predicted molar refractivity (Wildman–Crippen MR) is 95.5 cm³/mol. The Hall–Kier alpha value is -2.46. The number of quaternary nitrogens is 1. The summed E-state index contributed by atoms with van der Waals surface area (Å²) in [4.78, 5) is 26.8. The summed E-state index contributed by atoms with van der Waals surface area (Å²) in [5.41, 5.74) is 0.675. The molecule has 1 aromatic carbocycles. The Morgan fingerprint density at radius 3 is 2.61 bits per heavy atom. The third kappa shape index (κ3) is 6.93. The van der Waals surface area contributed by atoms with Crippen LogP contribution >= 0.6 is 0 Å². The van der Waals surface area contributed by atoms with Crippen LogP contribution in [-0.4, -0.2) is 76.9 Å². The third-order valence-electron chi connectivity index (χ3n) is 4.21. The molecule has 1 heterocycles. The van der Waals surface area contributed by atoms with E-state index in [0.717, 1.165) is 4.90 Å². The minimum absolute atomic E-state index is 0.00652. The van der Waals surface area contributed by atoms with E-state index in [0.29, 0.717) is 31.9 Å². The van der Waals surface area contributed by atoms with Crippen molar-refractivity contribution in [2.45, 2.75) is 13.2 Å². The van der Waals surface area contributed by atoms with Gasteiger partial charge in [0.1, 0.15) is 0 Å². The van der Waals surface area contributed by atoms with Gasteiger partial charge in [-0.1, -0.05) is 6.07 Å². The number of likely N-dealkylation sites (N-methyl/N-ethyl adjacent to an activating group) is 1. The molecule has 1 atom stereocenters. The maximum absolute atomic E-state index is 12.4. The van der Waals surface area contributed by atoms with Crippen molar-refractivity contribution in [3.05, 3.63) is 23.8 Å². The Balaban J connectivity index is 1.78. The summed E-state index contributed by atoms with van der Waals surface area (Å²) in [6.45, 7) is -0.156. The molecular weight excluding hydrogens is 376 g/mol. The second kappa shape index (κ2) is 10.8. The highest BCUT2D eigenvalue weighted by atomic mass is 19.3. The van der Waals surface area contributed by atoms with Gasteiger partial charge in [-0.25, -0.2) is 0 Å². The fourth-order valence-corrected chi connectivity index (χ4v) is 2.80. The van der Waals surface area contributed by atoms with Crippen LogP contribution in [0.25, 0.3) is 0 Å². The lowest BCUT2D eigenvalue weighted by atomic mass is 10.2. The van der Waals surface area contributed by atoms with Gasteiger partial charge in [-0.05, 0) is 17.7 Å². The molecule has 0 aromatic heterocycles. The van der Waals surface area contributed by atoms with Crippen LogP contribution in [-0.2, 0) is 20.9 Å². The van der Waals surface area contributed by atoms with E-state index in [1.807, 2.05) is 0 Å². The number of carbonyl (C=O) groups is 2. The summed E-state index contributed by atoms with van der Waals surface area (Å²) in [5, 5.41) is 2.75. The number of hydrogen-bond donors (Lipinski definition) is 2. The van der Waals surface area contributed by atoms with Crippen molar-refractivity contribution >= 4 is 11.8 Å². The molecule has 156 valence electrons. The fraction of sp³-hybridized carbons (Fsp3) is 0.556.